The molecule has 1 nitrogen and oxygen atoms in total. The maximum absolute atomic E-state index is 6.33. The fourth-order valence-electron chi connectivity index (χ4n) is 3.06. The summed E-state index contributed by atoms with van der Waals surface area (Å²) in [6.45, 7) is 9.05. The molecule has 0 aliphatic rings. The molecule has 0 spiro atoms. The van der Waals surface area contributed by atoms with Gasteiger partial charge in [-0.2, -0.15) is 0 Å². The van der Waals surface area contributed by atoms with E-state index in [2.05, 4.69) is 33.8 Å². The fraction of sp³-hybridized carbons (Fsp3) is 0.667. The zero-order chi connectivity index (χ0) is 14.3. The lowest BCUT2D eigenvalue weighted by Gasteiger charge is -2.20. The van der Waals surface area contributed by atoms with Crippen LogP contribution in [0.25, 0.3) is 0 Å². The first-order chi connectivity index (χ1) is 9.19. The predicted octanol–water partition coefficient (Wildman–Crippen LogP) is 5.08. The summed E-state index contributed by atoms with van der Waals surface area (Å²) in [5, 5.41) is 0. The van der Waals surface area contributed by atoms with Crippen LogP contribution in [-0.2, 0) is 25.7 Å². The molecular formula is C18H31N. The summed E-state index contributed by atoms with van der Waals surface area (Å²) < 4.78 is 0. The molecule has 0 bridgehead atoms. The Morgan fingerprint density at radius 3 is 1.68 bits per heavy atom. The van der Waals surface area contributed by atoms with E-state index in [1.165, 1.54) is 56.1 Å². The van der Waals surface area contributed by atoms with Gasteiger partial charge in [0.2, 0.25) is 0 Å². The molecule has 0 aromatic heterocycles. The number of anilines is 1. The molecule has 1 heteroatoms. The third-order valence-corrected chi connectivity index (χ3v) is 3.81. The smallest absolute Gasteiger partial charge is 0.0352 e. The lowest BCUT2D eigenvalue weighted by Crippen LogP contribution is -2.09. The third kappa shape index (κ3) is 3.99. The molecule has 19 heavy (non-hydrogen) atoms. The van der Waals surface area contributed by atoms with Crippen molar-refractivity contribution in [3.8, 4) is 0 Å². The van der Waals surface area contributed by atoms with E-state index in [0.717, 1.165) is 12.1 Å². The third-order valence-electron chi connectivity index (χ3n) is 3.81. The Balaban J connectivity index is 3.35. The average molecular weight is 261 g/mol. The van der Waals surface area contributed by atoms with E-state index in [4.69, 9.17) is 5.73 Å². The largest absolute Gasteiger partial charge is 0.398 e. The van der Waals surface area contributed by atoms with E-state index in [9.17, 15) is 0 Å². The first kappa shape index (κ1) is 16.1. The van der Waals surface area contributed by atoms with E-state index in [-0.39, 0.29) is 0 Å². The molecular weight excluding hydrogens is 230 g/mol. The van der Waals surface area contributed by atoms with Crippen LogP contribution in [0.1, 0.15) is 75.6 Å². The summed E-state index contributed by atoms with van der Waals surface area (Å²) in [5.41, 5.74) is 13.5. The molecule has 0 saturated carbocycles. The van der Waals surface area contributed by atoms with Crippen LogP contribution in [0.4, 0.5) is 5.69 Å². The van der Waals surface area contributed by atoms with Crippen LogP contribution in [0.15, 0.2) is 6.07 Å². The summed E-state index contributed by atoms with van der Waals surface area (Å²) >= 11 is 0. The lowest BCUT2D eigenvalue weighted by atomic mass is 9.86. The van der Waals surface area contributed by atoms with Gasteiger partial charge in [-0.1, -0.05) is 53.4 Å². The molecule has 0 fully saturated rings. The molecule has 1 aromatic carbocycles. The van der Waals surface area contributed by atoms with Crippen LogP contribution in [-0.4, -0.2) is 0 Å². The molecule has 108 valence electrons. The molecule has 0 aliphatic heterocycles. The molecule has 0 radical (unpaired) electrons. The quantitative estimate of drug-likeness (QED) is 0.649. The minimum atomic E-state index is 1.04. The van der Waals surface area contributed by atoms with Crippen LogP contribution in [0.2, 0.25) is 0 Å². The summed E-state index contributed by atoms with van der Waals surface area (Å²) in [6, 6.07) is 2.26. The van der Waals surface area contributed by atoms with Crippen molar-refractivity contribution in [2.45, 2.75) is 79.1 Å². The predicted molar refractivity (Wildman–Crippen MR) is 86.8 cm³/mol. The fourth-order valence-corrected chi connectivity index (χ4v) is 3.06. The standard InChI is InChI=1S/C18H31N/c1-5-9-14-13-18(19)17(12-8-4)16(11-7-3)15(14)10-6-2/h13H,5-12,19H2,1-4H3. The summed E-state index contributed by atoms with van der Waals surface area (Å²) in [4.78, 5) is 0. The van der Waals surface area contributed by atoms with Gasteiger partial charge >= 0.3 is 0 Å². The monoisotopic (exact) mass is 261 g/mol. The van der Waals surface area contributed by atoms with Crippen molar-refractivity contribution in [3.63, 3.8) is 0 Å². The summed E-state index contributed by atoms with van der Waals surface area (Å²) in [5.74, 6) is 0. The van der Waals surface area contributed by atoms with Crippen LogP contribution in [0, 0.1) is 0 Å². The van der Waals surface area contributed by atoms with Gasteiger partial charge in [0, 0.05) is 5.69 Å². The number of benzene rings is 1. The Morgan fingerprint density at radius 1 is 0.684 bits per heavy atom. The van der Waals surface area contributed by atoms with Gasteiger partial charge in [0.1, 0.15) is 0 Å². The molecule has 0 unspecified atom stereocenters. The van der Waals surface area contributed by atoms with Crippen molar-refractivity contribution in [1.29, 1.82) is 0 Å². The molecule has 0 heterocycles. The van der Waals surface area contributed by atoms with E-state index in [0.29, 0.717) is 0 Å². The van der Waals surface area contributed by atoms with Crippen LogP contribution in [0.3, 0.4) is 0 Å². The second kappa shape index (κ2) is 8.24. The Labute approximate surface area is 119 Å². The van der Waals surface area contributed by atoms with E-state index < -0.39 is 0 Å². The second-order valence-corrected chi connectivity index (χ2v) is 5.56. The first-order valence-corrected chi connectivity index (χ1v) is 8.11. The van der Waals surface area contributed by atoms with Gasteiger partial charge in [0.05, 0.1) is 0 Å². The Bertz CT molecular complexity index is 393. The Kier molecular flexibility index (Phi) is 6.97. The van der Waals surface area contributed by atoms with Gasteiger partial charge in [-0.3, -0.25) is 0 Å². The normalized spacial score (nSPS) is 10.9. The maximum Gasteiger partial charge on any atom is 0.0352 e. The van der Waals surface area contributed by atoms with Gasteiger partial charge in [-0.15, -0.1) is 0 Å². The lowest BCUT2D eigenvalue weighted by molar-refractivity contribution is 0.803. The first-order valence-electron chi connectivity index (χ1n) is 8.11. The average Bonchev–Trinajstić information content (AvgIpc) is 2.38. The molecule has 0 amide bonds. The van der Waals surface area contributed by atoms with Crippen LogP contribution >= 0.6 is 0 Å². The van der Waals surface area contributed by atoms with Gasteiger partial charge in [0.25, 0.3) is 0 Å². The zero-order valence-corrected chi connectivity index (χ0v) is 13.3. The molecule has 0 saturated heterocycles. The van der Waals surface area contributed by atoms with Crippen molar-refractivity contribution in [1.82, 2.24) is 0 Å². The highest BCUT2D eigenvalue weighted by atomic mass is 14.6. The number of aryl methyl sites for hydroxylation is 1. The highest BCUT2D eigenvalue weighted by molar-refractivity contribution is 5.58. The highest BCUT2D eigenvalue weighted by Gasteiger charge is 2.14. The van der Waals surface area contributed by atoms with Crippen LogP contribution in [0.5, 0.6) is 0 Å². The minimum Gasteiger partial charge on any atom is -0.398 e. The number of hydrogen-bond donors (Lipinski definition) is 1. The minimum absolute atomic E-state index is 1.04. The maximum atomic E-state index is 6.33. The molecule has 1 aromatic rings. The molecule has 1 rings (SSSR count). The van der Waals surface area contributed by atoms with Gasteiger partial charge in [0.15, 0.2) is 0 Å². The second-order valence-electron chi connectivity index (χ2n) is 5.56. The van der Waals surface area contributed by atoms with Gasteiger partial charge in [-0.25, -0.2) is 0 Å². The van der Waals surface area contributed by atoms with E-state index >= 15 is 0 Å². The summed E-state index contributed by atoms with van der Waals surface area (Å²) in [7, 11) is 0. The topological polar surface area (TPSA) is 26.0 Å². The van der Waals surface area contributed by atoms with Gasteiger partial charge in [-0.05, 0) is 54.0 Å². The van der Waals surface area contributed by atoms with Crippen molar-refractivity contribution < 1.29 is 0 Å². The zero-order valence-electron chi connectivity index (χ0n) is 13.3. The Morgan fingerprint density at radius 2 is 1.16 bits per heavy atom. The van der Waals surface area contributed by atoms with E-state index in [1.54, 1.807) is 11.1 Å². The van der Waals surface area contributed by atoms with Crippen molar-refractivity contribution in [2.24, 2.45) is 0 Å². The summed E-state index contributed by atoms with van der Waals surface area (Å²) in [6.07, 6.45) is 9.51. The van der Waals surface area contributed by atoms with Crippen molar-refractivity contribution >= 4 is 5.69 Å². The molecule has 0 atom stereocenters. The highest BCUT2D eigenvalue weighted by Crippen LogP contribution is 2.30. The van der Waals surface area contributed by atoms with Crippen LogP contribution < -0.4 is 5.73 Å². The molecule has 0 aliphatic carbocycles. The van der Waals surface area contributed by atoms with Crippen molar-refractivity contribution in [2.75, 3.05) is 5.73 Å². The number of rotatable bonds is 8. The Hall–Kier alpha value is -0.980. The van der Waals surface area contributed by atoms with Gasteiger partial charge < -0.3 is 5.73 Å². The number of nitrogens with two attached hydrogens (primary N) is 1. The van der Waals surface area contributed by atoms with Crippen molar-refractivity contribution in [3.05, 3.63) is 28.3 Å². The number of hydrogen-bond acceptors (Lipinski definition) is 1. The van der Waals surface area contributed by atoms with E-state index in [1.807, 2.05) is 0 Å². The SMILES string of the molecule is CCCc1cc(N)c(CCC)c(CCC)c1CCC. The molecule has 2 N–H and O–H groups in total. The number of nitrogen functional groups attached to an aromatic ring is 1.